The first-order valence-corrected chi connectivity index (χ1v) is 9.24. The lowest BCUT2D eigenvalue weighted by molar-refractivity contribution is 0.0426. The standard InChI is InChI=1S/C19H16FN3O2S/c20-14-4-2-13(3-5-14)16-8-11-23(16)18(24)17-7-6-15(25-17)12-26-19-21-9-1-10-22-19/h1-7,9-10,16H,8,11-12H2. The molecule has 0 N–H and O–H groups in total. The zero-order valence-electron chi connectivity index (χ0n) is 13.8. The minimum Gasteiger partial charge on any atom is -0.455 e. The molecule has 1 fully saturated rings. The fraction of sp³-hybridized carbons (Fsp3) is 0.211. The molecule has 0 spiro atoms. The number of hydrogen-bond donors (Lipinski definition) is 0. The zero-order chi connectivity index (χ0) is 17.9. The van der Waals surface area contributed by atoms with Crippen LogP contribution in [0, 0.1) is 5.82 Å². The average molecular weight is 369 g/mol. The van der Waals surface area contributed by atoms with Crippen molar-refractivity contribution in [3.05, 3.63) is 77.8 Å². The molecular weight excluding hydrogens is 353 g/mol. The van der Waals surface area contributed by atoms with Gasteiger partial charge in [0.25, 0.3) is 5.91 Å². The summed E-state index contributed by atoms with van der Waals surface area (Å²) in [4.78, 5) is 22.7. The maximum absolute atomic E-state index is 13.1. The van der Waals surface area contributed by atoms with Crippen LogP contribution in [0.2, 0.25) is 0 Å². The Bertz CT molecular complexity index is 899. The number of nitrogens with zero attached hydrogens (tertiary/aromatic N) is 3. The van der Waals surface area contributed by atoms with E-state index in [1.165, 1.54) is 23.9 Å². The molecule has 0 radical (unpaired) electrons. The number of thioether (sulfide) groups is 1. The van der Waals surface area contributed by atoms with Gasteiger partial charge in [0.1, 0.15) is 11.6 Å². The molecule has 0 bridgehead atoms. The van der Waals surface area contributed by atoms with Crippen molar-refractivity contribution < 1.29 is 13.6 Å². The summed E-state index contributed by atoms with van der Waals surface area (Å²) < 4.78 is 18.8. The van der Waals surface area contributed by atoms with E-state index in [1.807, 2.05) is 0 Å². The van der Waals surface area contributed by atoms with Crippen molar-refractivity contribution in [1.82, 2.24) is 14.9 Å². The largest absolute Gasteiger partial charge is 0.455 e. The molecule has 2 aromatic heterocycles. The van der Waals surface area contributed by atoms with Crippen LogP contribution in [-0.4, -0.2) is 27.3 Å². The lowest BCUT2D eigenvalue weighted by Crippen LogP contribution is -2.45. The molecule has 1 saturated heterocycles. The van der Waals surface area contributed by atoms with Crippen LogP contribution in [0.4, 0.5) is 4.39 Å². The number of rotatable bonds is 5. The number of furan rings is 1. The zero-order valence-corrected chi connectivity index (χ0v) is 14.7. The summed E-state index contributed by atoms with van der Waals surface area (Å²) in [6.07, 6.45) is 4.24. The summed E-state index contributed by atoms with van der Waals surface area (Å²) >= 11 is 1.45. The molecule has 7 heteroatoms. The molecule has 1 atom stereocenters. The smallest absolute Gasteiger partial charge is 0.290 e. The molecule has 3 heterocycles. The maximum atomic E-state index is 13.1. The van der Waals surface area contributed by atoms with Crippen molar-refractivity contribution in [2.24, 2.45) is 0 Å². The number of halogens is 1. The Morgan fingerprint density at radius 2 is 1.96 bits per heavy atom. The van der Waals surface area contributed by atoms with Crippen LogP contribution >= 0.6 is 11.8 Å². The highest BCUT2D eigenvalue weighted by Crippen LogP contribution is 2.35. The molecule has 3 aromatic rings. The Morgan fingerprint density at radius 1 is 1.19 bits per heavy atom. The highest BCUT2D eigenvalue weighted by Gasteiger charge is 2.35. The molecule has 4 rings (SSSR count). The van der Waals surface area contributed by atoms with Gasteiger partial charge >= 0.3 is 0 Å². The first-order valence-electron chi connectivity index (χ1n) is 8.25. The van der Waals surface area contributed by atoms with Crippen LogP contribution in [0.3, 0.4) is 0 Å². The predicted octanol–water partition coefficient (Wildman–Crippen LogP) is 4.09. The van der Waals surface area contributed by atoms with Gasteiger partial charge in [0, 0.05) is 18.9 Å². The molecule has 5 nitrogen and oxygen atoms in total. The van der Waals surface area contributed by atoms with Crippen molar-refractivity contribution >= 4 is 17.7 Å². The van der Waals surface area contributed by atoms with Gasteiger partial charge in [-0.15, -0.1) is 0 Å². The Labute approximate surface area is 154 Å². The molecule has 1 unspecified atom stereocenters. The number of hydrogen-bond acceptors (Lipinski definition) is 5. The first-order chi connectivity index (χ1) is 12.7. The van der Waals surface area contributed by atoms with Gasteiger partial charge in [0.2, 0.25) is 0 Å². The number of carbonyl (C=O) groups excluding carboxylic acids is 1. The van der Waals surface area contributed by atoms with Crippen LogP contribution in [0.1, 0.15) is 34.3 Å². The minimum atomic E-state index is -0.276. The summed E-state index contributed by atoms with van der Waals surface area (Å²) in [5.74, 6) is 1.16. The van der Waals surface area contributed by atoms with E-state index < -0.39 is 0 Å². The van der Waals surface area contributed by atoms with Gasteiger partial charge in [0.05, 0.1) is 11.8 Å². The Balaban J connectivity index is 1.40. The van der Waals surface area contributed by atoms with Gasteiger partial charge < -0.3 is 9.32 Å². The number of aromatic nitrogens is 2. The highest BCUT2D eigenvalue weighted by atomic mass is 32.2. The summed E-state index contributed by atoms with van der Waals surface area (Å²) in [6.45, 7) is 0.670. The van der Waals surface area contributed by atoms with E-state index in [-0.39, 0.29) is 17.8 Å². The number of benzene rings is 1. The fourth-order valence-corrected chi connectivity index (χ4v) is 3.57. The second-order valence-electron chi connectivity index (χ2n) is 5.94. The summed E-state index contributed by atoms with van der Waals surface area (Å²) in [5, 5.41) is 0.663. The van der Waals surface area contributed by atoms with E-state index in [0.717, 1.165) is 12.0 Å². The van der Waals surface area contributed by atoms with E-state index in [4.69, 9.17) is 4.42 Å². The normalized spacial score (nSPS) is 16.3. The van der Waals surface area contributed by atoms with Crippen molar-refractivity contribution in [2.75, 3.05) is 6.54 Å². The second-order valence-corrected chi connectivity index (χ2v) is 6.88. The highest BCUT2D eigenvalue weighted by molar-refractivity contribution is 7.98. The van der Waals surface area contributed by atoms with Gasteiger partial charge in [-0.05, 0) is 42.3 Å². The summed E-state index contributed by atoms with van der Waals surface area (Å²) in [6, 6.07) is 11.5. The van der Waals surface area contributed by atoms with Gasteiger partial charge in [-0.25, -0.2) is 14.4 Å². The second kappa shape index (κ2) is 7.29. The van der Waals surface area contributed by atoms with Crippen molar-refractivity contribution in [3.8, 4) is 0 Å². The van der Waals surface area contributed by atoms with Gasteiger partial charge in [0.15, 0.2) is 10.9 Å². The van der Waals surface area contributed by atoms with Crippen molar-refractivity contribution in [3.63, 3.8) is 0 Å². The molecule has 0 saturated carbocycles. The third-order valence-corrected chi connectivity index (χ3v) is 5.19. The Hall–Kier alpha value is -2.67. The van der Waals surface area contributed by atoms with Crippen LogP contribution < -0.4 is 0 Å². The van der Waals surface area contributed by atoms with E-state index in [0.29, 0.717) is 29.0 Å². The Kier molecular flexibility index (Phi) is 4.71. The lowest BCUT2D eigenvalue weighted by atomic mass is 9.94. The van der Waals surface area contributed by atoms with Crippen LogP contribution in [0.15, 0.2) is 64.4 Å². The quantitative estimate of drug-likeness (QED) is 0.501. The van der Waals surface area contributed by atoms with Crippen molar-refractivity contribution in [2.45, 2.75) is 23.4 Å². The molecule has 132 valence electrons. The first kappa shape index (κ1) is 16.8. The SMILES string of the molecule is O=C(c1ccc(CSc2ncccn2)o1)N1CCC1c1ccc(F)cc1. The van der Waals surface area contributed by atoms with Gasteiger partial charge in [-0.3, -0.25) is 4.79 Å². The van der Waals surface area contributed by atoms with E-state index in [9.17, 15) is 9.18 Å². The van der Waals surface area contributed by atoms with E-state index in [2.05, 4.69) is 9.97 Å². The average Bonchev–Trinajstić information content (AvgIpc) is 3.11. The molecular formula is C19H16FN3O2S. The molecule has 1 aromatic carbocycles. The van der Waals surface area contributed by atoms with Gasteiger partial charge in [-0.1, -0.05) is 23.9 Å². The topological polar surface area (TPSA) is 59.2 Å². The predicted molar refractivity (Wildman–Crippen MR) is 95.1 cm³/mol. The van der Waals surface area contributed by atoms with E-state index >= 15 is 0 Å². The maximum Gasteiger partial charge on any atom is 0.290 e. The van der Waals surface area contributed by atoms with Gasteiger partial charge in [-0.2, -0.15) is 0 Å². The molecule has 1 aliphatic heterocycles. The van der Waals surface area contributed by atoms with Crippen molar-refractivity contribution in [1.29, 1.82) is 0 Å². The third kappa shape index (κ3) is 3.48. The number of likely N-dealkylation sites (tertiary alicyclic amines) is 1. The molecule has 1 aliphatic rings. The van der Waals surface area contributed by atoms with Crippen LogP contribution in [0.5, 0.6) is 0 Å². The Morgan fingerprint density at radius 3 is 2.65 bits per heavy atom. The lowest BCUT2D eigenvalue weighted by Gasteiger charge is -2.40. The molecule has 26 heavy (non-hydrogen) atoms. The van der Waals surface area contributed by atoms with E-state index in [1.54, 1.807) is 47.6 Å². The van der Waals surface area contributed by atoms with Crippen LogP contribution in [-0.2, 0) is 5.75 Å². The summed E-state index contributed by atoms with van der Waals surface area (Å²) in [5.41, 5.74) is 0.939. The fourth-order valence-electron chi connectivity index (χ4n) is 2.87. The third-order valence-electron chi connectivity index (χ3n) is 4.29. The number of amides is 1. The van der Waals surface area contributed by atoms with Crippen LogP contribution in [0.25, 0.3) is 0 Å². The molecule has 1 amide bonds. The molecule has 0 aliphatic carbocycles. The monoisotopic (exact) mass is 369 g/mol. The summed E-state index contributed by atoms with van der Waals surface area (Å²) in [7, 11) is 0. The minimum absolute atomic E-state index is 0.0243. The number of carbonyl (C=O) groups is 1.